The Kier molecular flexibility index (Phi) is 1.29. The maximum Gasteiger partial charge on any atom is 0.158 e. The second-order valence-corrected chi connectivity index (χ2v) is 1.89. The summed E-state index contributed by atoms with van der Waals surface area (Å²) in [5.41, 5.74) is 11.1. The summed E-state index contributed by atoms with van der Waals surface area (Å²) in [6, 6.07) is 0. The van der Waals surface area contributed by atoms with E-state index in [4.69, 9.17) is 11.5 Å². The standard InChI is InChI=1S/C3H6N4S/c4-2-1-6-8-7-3(2)5/h1,6H,4H2,(H2,5,7). The number of amidine groups is 1. The molecule has 5 heteroatoms. The molecule has 0 aromatic rings. The van der Waals surface area contributed by atoms with Crippen LogP contribution in [0.4, 0.5) is 0 Å². The van der Waals surface area contributed by atoms with Gasteiger partial charge < -0.3 is 16.2 Å². The molecule has 5 N–H and O–H groups in total. The number of nitrogens with one attached hydrogen (secondary N) is 1. The van der Waals surface area contributed by atoms with Crippen LogP contribution in [0.2, 0.25) is 0 Å². The largest absolute Gasteiger partial charge is 0.395 e. The molecule has 8 heavy (non-hydrogen) atoms. The number of hydrogen-bond acceptors (Lipinski definition) is 5. The Bertz CT molecular complexity index is 131. The van der Waals surface area contributed by atoms with Crippen LogP contribution in [-0.2, 0) is 0 Å². The molecule has 0 spiro atoms. The second kappa shape index (κ2) is 1.95. The highest BCUT2D eigenvalue weighted by molar-refractivity contribution is 7.96. The molecule has 1 rings (SSSR count). The molecule has 0 fully saturated rings. The lowest BCUT2D eigenvalue weighted by atomic mass is 10.5. The van der Waals surface area contributed by atoms with Crippen molar-refractivity contribution in [1.82, 2.24) is 4.72 Å². The maximum absolute atomic E-state index is 5.31. The van der Waals surface area contributed by atoms with Gasteiger partial charge >= 0.3 is 0 Å². The maximum atomic E-state index is 5.31. The Balaban J connectivity index is 2.73. The van der Waals surface area contributed by atoms with E-state index >= 15 is 0 Å². The fourth-order valence-electron chi connectivity index (χ4n) is 0.292. The summed E-state index contributed by atoms with van der Waals surface area (Å²) in [5.74, 6) is 0.383. The summed E-state index contributed by atoms with van der Waals surface area (Å²) >= 11 is 1.16. The van der Waals surface area contributed by atoms with Gasteiger partial charge in [-0.3, -0.25) is 0 Å². The van der Waals surface area contributed by atoms with Gasteiger partial charge in [-0.15, -0.1) is 0 Å². The molecule has 0 aromatic heterocycles. The number of nitrogens with zero attached hydrogens (tertiary/aromatic N) is 1. The fourth-order valence-corrected chi connectivity index (χ4v) is 0.728. The van der Waals surface area contributed by atoms with Crippen molar-refractivity contribution in [1.29, 1.82) is 0 Å². The van der Waals surface area contributed by atoms with Gasteiger partial charge in [-0.25, -0.2) is 0 Å². The van der Waals surface area contributed by atoms with E-state index in [-0.39, 0.29) is 0 Å². The van der Waals surface area contributed by atoms with Gasteiger partial charge in [0.05, 0.1) is 17.8 Å². The zero-order valence-corrected chi connectivity index (χ0v) is 4.90. The summed E-state index contributed by atoms with van der Waals surface area (Å²) in [7, 11) is 0. The van der Waals surface area contributed by atoms with Gasteiger partial charge in [0.15, 0.2) is 5.84 Å². The van der Waals surface area contributed by atoms with Crippen molar-refractivity contribution in [2.75, 3.05) is 0 Å². The van der Waals surface area contributed by atoms with E-state index in [0.29, 0.717) is 11.5 Å². The van der Waals surface area contributed by atoms with E-state index in [2.05, 4.69) is 9.12 Å². The number of nitrogens with two attached hydrogens (primary N) is 2. The van der Waals surface area contributed by atoms with Crippen molar-refractivity contribution in [2.24, 2.45) is 15.9 Å². The molecule has 0 radical (unpaired) electrons. The third-order valence-corrected chi connectivity index (χ3v) is 1.22. The highest BCUT2D eigenvalue weighted by atomic mass is 32.2. The molecule has 0 saturated carbocycles. The first kappa shape index (κ1) is 5.30. The van der Waals surface area contributed by atoms with Crippen LogP contribution >= 0.6 is 12.1 Å². The van der Waals surface area contributed by atoms with Crippen LogP contribution in [0.15, 0.2) is 16.3 Å². The third-order valence-electron chi connectivity index (χ3n) is 0.707. The van der Waals surface area contributed by atoms with Gasteiger partial charge in [0, 0.05) is 6.20 Å². The molecular weight excluding hydrogens is 124 g/mol. The molecule has 0 bridgehead atoms. The molecule has 0 unspecified atom stereocenters. The first-order valence-corrected chi connectivity index (χ1v) is 2.79. The molecular formula is C3H6N4S. The summed E-state index contributed by atoms with van der Waals surface area (Å²) in [5, 5.41) is 0. The summed E-state index contributed by atoms with van der Waals surface area (Å²) in [6.07, 6.45) is 1.60. The highest BCUT2D eigenvalue weighted by Crippen LogP contribution is 2.02. The molecule has 1 aliphatic rings. The molecule has 0 atom stereocenters. The van der Waals surface area contributed by atoms with Crippen molar-refractivity contribution in [3.8, 4) is 0 Å². The van der Waals surface area contributed by atoms with Gasteiger partial charge in [-0.1, -0.05) is 0 Å². The van der Waals surface area contributed by atoms with E-state index in [1.54, 1.807) is 6.20 Å². The summed E-state index contributed by atoms with van der Waals surface area (Å²) < 4.78 is 6.44. The molecule has 4 nitrogen and oxygen atoms in total. The monoisotopic (exact) mass is 130 g/mol. The minimum Gasteiger partial charge on any atom is -0.395 e. The van der Waals surface area contributed by atoms with Gasteiger partial charge in [-0.2, -0.15) is 4.40 Å². The van der Waals surface area contributed by atoms with Crippen LogP contribution in [0.1, 0.15) is 0 Å². The Labute approximate surface area is 51.3 Å². The van der Waals surface area contributed by atoms with Crippen LogP contribution in [0.3, 0.4) is 0 Å². The van der Waals surface area contributed by atoms with Crippen LogP contribution in [-0.4, -0.2) is 5.84 Å². The Hall–Kier alpha value is -0.840. The Morgan fingerprint density at radius 1 is 1.62 bits per heavy atom. The topological polar surface area (TPSA) is 76.4 Å². The van der Waals surface area contributed by atoms with Crippen molar-refractivity contribution in [3.63, 3.8) is 0 Å². The molecule has 1 heterocycles. The van der Waals surface area contributed by atoms with Crippen molar-refractivity contribution in [2.45, 2.75) is 0 Å². The zero-order chi connectivity index (χ0) is 5.98. The van der Waals surface area contributed by atoms with Gasteiger partial charge in [0.25, 0.3) is 0 Å². The van der Waals surface area contributed by atoms with E-state index in [0.717, 1.165) is 12.1 Å². The predicted octanol–water partition coefficient (Wildman–Crippen LogP) is -0.690. The molecule has 0 amide bonds. The lowest BCUT2D eigenvalue weighted by molar-refractivity contribution is 1.28. The van der Waals surface area contributed by atoms with Crippen LogP contribution in [0.25, 0.3) is 0 Å². The van der Waals surface area contributed by atoms with Crippen LogP contribution in [0.5, 0.6) is 0 Å². The first-order valence-electron chi connectivity index (χ1n) is 2.02. The Morgan fingerprint density at radius 2 is 2.38 bits per heavy atom. The van der Waals surface area contributed by atoms with Gasteiger partial charge in [0.2, 0.25) is 0 Å². The van der Waals surface area contributed by atoms with Gasteiger partial charge in [-0.05, 0) is 0 Å². The Morgan fingerprint density at radius 3 is 2.75 bits per heavy atom. The summed E-state index contributed by atoms with van der Waals surface area (Å²) in [6.45, 7) is 0. The van der Waals surface area contributed by atoms with E-state index < -0.39 is 0 Å². The second-order valence-electron chi connectivity index (χ2n) is 1.29. The molecule has 0 aliphatic carbocycles. The van der Waals surface area contributed by atoms with Crippen LogP contribution < -0.4 is 16.2 Å². The van der Waals surface area contributed by atoms with Crippen molar-refractivity contribution in [3.05, 3.63) is 11.9 Å². The average Bonchev–Trinajstić information content (AvgIpc) is 1.77. The normalized spacial score (nSPS) is 18.5. The van der Waals surface area contributed by atoms with Crippen molar-refractivity contribution >= 4 is 18.0 Å². The van der Waals surface area contributed by atoms with E-state index in [9.17, 15) is 0 Å². The first-order chi connectivity index (χ1) is 3.80. The molecule has 1 aliphatic heterocycles. The molecule has 0 saturated heterocycles. The minimum absolute atomic E-state index is 0.383. The van der Waals surface area contributed by atoms with Crippen molar-refractivity contribution < 1.29 is 0 Å². The molecule has 0 aromatic carbocycles. The smallest absolute Gasteiger partial charge is 0.158 e. The average molecular weight is 130 g/mol. The lowest BCUT2D eigenvalue weighted by Gasteiger charge is -2.04. The number of hydrogen-bond donors (Lipinski definition) is 3. The third kappa shape index (κ3) is 0.865. The fraction of sp³-hybridized carbons (Fsp3) is 0. The zero-order valence-electron chi connectivity index (χ0n) is 4.09. The minimum atomic E-state index is 0.383. The summed E-state index contributed by atoms with van der Waals surface area (Å²) in [4.78, 5) is 0. The quantitative estimate of drug-likeness (QED) is 0.379. The van der Waals surface area contributed by atoms with E-state index in [1.807, 2.05) is 0 Å². The van der Waals surface area contributed by atoms with Crippen LogP contribution in [0, 0.1) is 0 Å². The highest BCUT2D eigenvalue weighted by Gasteiger charge is 1.99. The lowest BCUT2D eigenvalue weighted by Crippen LogP contribution is -2.24. The number of rotatable bonds is 0. The van der Waals surface area contributed by atoms with E-state index in [1.165, 1.54) is 0 Å². The van der Waals surface area contributed by atoms with Gasteiger partial charge in [0.1, 0.15) is 0 Å². The molecule has 44 valence electrons. The predicted molar refractivity (Wildman–Crippen MR) is 34.6 cm³/mol. The SMILES string of the molecule is NC1=CNSN=C1N.